The quantitative estimate of drug-likeness (QED) is 0.614. The Bertz CT molecular complexity index is 975. The third-order valence-corrected chi connectivity index (χ3v) is 6.49. The molecule has 168 valence electrons. The van der Waals surface area contributed by atoms with Crippen molar-refractivity contribution < 1.29 is 24.2 Å². The van der Waals surface area contributed by atoms with Crippen LogP contribution in [0.2, 0.25) is 0 Å². The first-order valence-electron chi connectivity index (χ1n) is 11.1. The number of aliphatic carboxylic acids is 1. The van der Waals surface area contributed by atoms with Gasteiger partial charge in [0.1, 0.15) is 12.6 Å². The van der Waals surface area contributed by atoms with Crippen molar-refractivity contribution in [2.75, 3.05) is 6.61 Å². The van der Waals surface area contributed by atoms with Gasteiger partial charge >= 0.3 is 12.1 Å². The summed E-state index contributed by atoms with van der Waals surface area (Å²) in [5.74, 6) is -1.61. The number of carbonyl (C=O) groups is 3. The number of carbonyl (C=O) groups excluding carboxylic acids is 2. The molecule has 0 radical (unpaired) electrons. The predicted molar refractivity (Wildman–Crippen MR) is 119 cm³/mol. The van der Waals surface area contributed by atoms with Crippen LogP contribution < -0.4 is 10.6 Å². The van der Waals surface area contributed by atoms with Crippen LogP contribution in [0.5, 0.6) is 0 Å². The lowest BCUT2D eigenvalue weighted by atomic mass is 9.98. The molecule has 0 unspecified atom stereocenters. The lowest BCUT2D eigenvalue weighted by Gasteiger charge is -2.20. The zero-order valence-corrected chi connectivity index (χ0v) is 18.0. The molecular weight excluding hydrogens is 408 g/mol. The average molecular weight is 437 g/mol. The highest BCUT2D eigenvalue weighted by Crippen LogP contribution is 2.44. The molecule has 0 spiro atoms. The van der Waals surface area contributed by atoms with Gasteiger partial charge in [0.15, 0.2) is 0 Å². The van der Waals surface area contributed by atoms with Crippen LogP contribution in [0.4, 0.5) is 4.79 Å². The van der Waals surface area contributed by atoms with Crippen LogP contribution in [-0.4, -0.2) is 41.8 Å². The van der Waals surface area contributed by atoms with Gasteiger partial charge in [0.05, 0.1) is 5.92 Å². The molecule has 32 heavy (non-hydrogen) atoms. The topological polar surface area (TPSA) is 105 Å². The van der Waals surface area contributed by atoms with Crippen LogP contribution >= 0.6 is 0 Å². The number of fused-ring (bicyclic) bond motifs is 3. The van der Waals surface area contributed by atoms with Gasteiger partial charge in [-0.25, -0.2) is 4.79 Å². The van der Waals surface area contributed by atoms with E-state index in [1.165, 1.54) is 0 Å². The van der Waals surface area contributed by atoms with Crippen molar-refractivity contribution in [2.45, 2.75) is 50.6 Å². The summed E-state index contributed by atoms with van der Waals surface area (Å²) in [7, 11) is 0. The van der Waals surface area contributed by atoms with Crippen molar-refractivity contribution >= 4 is 18.0 Å². The number of alkyl carbamates (subject to hydrolysis) is 1. The number of nitrogens with one attached hydrogen (secondary N) is 2. The number of carboxylic acid groups (broad SMARTS) is 1. The van der Waals surface area contributed by atoms with E-state index in [1.54, 1.807) is 0 Å². The number of rotatable bonds is 7. The highest BCUT2D eigenvalue weighted by atomic mass is 16.5. The molecule has 7 heteroatoms. The lowest BCUT2D eigenvalue weighted by Crippen LogP contribution is -2.49. The Balaban J connectivity index is 1.33. The summed E-state index contributed by atoms with van der Waals surface area (Å²) < 4.78 is 5.53. The fourth-order valence-corrected chi connectivity index (χ4v) is 4.77. The Hall–Kier alpha value is -3.35. The van der Waals surface area contributed by atoms with Crippen molar-refractivity contribution in [1.82, 2.24) is 10.6 Å². The summed E-state index contributed by atoms with van der Waals surface area (Å²) in [6.45, 7) is 1.99. The monoisotopic (exact) mass is 436 g/mol. The van der Waals surface area contributed by atoms with E-state index in [0.29, 0.717) is 25.7 Å². The third kappa shape index (κ3) is 4.47. The van der Waals surface area contributed by atoms with E-state index in [1.807, 2.05) is 31.2 Å². The highest BCUT2D eigenvalue weighted by molar-refractivity contribution is 5.86. The molecule has 0 aliphatic heterocycles. The minimum absolute atomic E-state index is 0.0477. The van der Waals surface area contributed by atoms with Crippen LogP contribution in [0.25, 0.3) is 11.1 Å². The number of amides is 2. The van der Waals surface area contributed by atoms with E-state index in [0.717, 1.165) is 22.3 Å². The molecule has 2 amide bonds. The number of benzene rings is 2. The molecule has 1 saturated carbocycles. The van der Waals surface area contributed by atoms with Gasteiger partial charge in [0.2, 0.25) is 5.91 Å². The van der Waals surface area contributed by atoms with Crippen LogP contribution in [0.15, 0.2) is 48.5 Å². The largest absolute Gasteiger partial charge is 0.481 e. The fourth-order valence-electron chi connectivity index (χ4n) is 4.77. The first-order valence-corrected chi connectivity index (χ1v) is 11.1. The number of carboxylic acids is 1. The Kier molecular flexibility index (Phi) is 6.44. The second-order valence-electron chi connectivity index (χ2n) is 8.48. The smallest absolute Gasteiger partial charge is 0.407 e. The zero-order valence-electron chi connectivity index (χ0n) is 18.0. The minimum Gasteiger partial charge on any atom is -0.481 e. The standard InChI is InChI=1S/C25H28N2O5/c1-2-22(23(28)26-16-12-11-15(13-16)24(29)30)27-25(31)32-14-21-19-9-5-3-7-17(19)18-8-4-6-10-20(18)21/h3-10,15-16,21-22H,2,11-14H2,1H3,(H,26,28)(H,27,31)(H,29,30)/t15-,16+,22-/m1/s1. The SMILES string of the molecule is CC[C@@H](NC(=O)OCC1c2ccccc2-c2ccccc21)C(=O)N[C@H]1CC[C@@H](C(=O)O)C1. The molecular formula is C25H28N2O5. The Morgan fingerprint density at radius 2 is 1.66 bits per heavy atom. The third-order valence-electron chi connectivity index (χ3n) is 6.49. The van der Waals surface area contributed by atoms with E-state index in [2.05, 4.69) is 34.9 Å². The summed E-state index contributed by atoms with van der Waals surface area (Å²) in [5, 5.41) is 14.7. The van der Waals surface area contributed by atoms with Gasteiger partial charge in [-0.1, -0.05) is 55.5 Å². The number of hydrogen-bond acceptors (Lipinski definition) is 4. The lowest BCUT2D eigenvalue weighted by molar-refractivity contribution is -0.141. The Labute approximate surface area is 187 Å². The zero-order chi connectivity index (χ0) is 22.7. The second-order valence-corrected chi connectivity index (χ2v) is 8.48. The molecule has 3 N–H and O–H groups in total. The molecule has 3 atom stereocenters. The van der Waals surface area contributed by atoms with E-state index in [-0.39, 0.29) is 24.5 Å². The molecule has 0 aromatic heterocycles. The van der Waals surface area contributed by atoms with Gasteiger partial charge in [-0.2, -0.15) is 0 Å². The van der Waals surface area contributed by atoms with Gasteiger partial charge in [0, 0.05) is 12.0 Å². The predicted octanol–water partition coefficient (Wildman–Crippen LogP) is 3.67. The molecule has 0 heterocycles. The van der Waals surface area contributed by atoms with Gasteiger partial charge in [0.25, 0.3) is 0 Å². The molecule has 2 aromatic rings. The Morgan fingerprint density at radius 1 is 1.03 bits per heavy atom. The van der Waals surface area contributed by atoms with Gasteiger partial charge in [-0.05, 0) is 47.9 Å². The van der Waals surface area contributed by atoms with Gasteiger partial charge in [-0.3, -0.25) is 9.59 Å². The van der Waals surface area contributed by atoms with E-state index >= 15 is 0 Å². The normalized spacial score (nSPS) is 20.2. The molecule has 0 saturated heterocycles. The van der Waals surface area contributed by atoms with E-state index < -0.39 is 24.0 Å². The summed E-state index contributed by atoms with van der Waals surface area (Å²) in [6, 6.07) is 15.3. The van der Waals surface area contributed by atoms with Crippen molar-refractivity contribution in [3.05, 3.63) is 59.7 Å². The molecule has 2 aliphatic carbocycles. The highest BCUT2D eigenvalue weighted by Gasteiger charge is 2.33. The van der Waals surface area contributed by atoms with Crippen molar-refractivity contribution in [2.24, 2.45) is 5.92 Å². The van der Waals surface area contributed by atoms with E-state index in [4.69, 9.17) is 9.84 Å². The molecule has 2 aliphatic rings. The molecule has 2 aromatic carbocycles. The summed E-state index contributed by atoms with van der Waals surface area (Å²) in [6.07, 6.45) is 1.37. The average Bonchev–Trinajstić information content (AvgIpc) is 3.39. The minimum atomic E-state index is -0.828. The van der Waals surface area contributed by atoms with Crippen LogP contribution in [0.3, 0.4) is 0 Å². The molecule has 4 rings (SSSR count). The molecule has 1 fully saturated rings. The van der Waals surface area contributed by atoms with Crippen molar-refractivity contribution in [3.8, 4) is 11.1 Å². The fraction of sp³-hybridized carbons (Fsp3) is 0.400. The first-order chi connectivity index (χ1) is 15.5. The maximum absolute atomic E-state index is 12.6. The summed E-state index contributed by atoms with van der Waals surface area (Å²) in [5.41, 5.74) is 4.55. The molecule has 0 bridgehead atoms. The van der Waals surface area contributed by atoms with Gasteiger partial charge < -0.3 is 20.5 Å². The Morgan fingerprint density at radius 3 is 2.22 bits per heavy atom. The van der Waals surface area contributed by atoms with Crippen molar-refractivity contribution in [3.63, 3.8) is 0 Å². The maximum atomic E-state index is 12.6. The van der Waals surface area contributed by atoms with Crippen LogP contribution in [0, 0.1) is 5.92 Å². The number of ether oxygens (including phenoxy) is 1. The van der Waals surface area contributed by atoms with Crippen molar-refractivity contribution in [1.29, 1.82) is 0 Å². The first kappa shape index (κ1) is 21.9. The molecule has 7 nitrogen and oxygen atoms in total. The van der Waals surface area contributed by atoms with E-state index in [9.17, 15) is 14.4 Å². The second kappa shape index (κ2) is 9.42. The van der Waals surface area contributed by atoms with Gasteiger partial charge in [-0.15, -0.1) is 0 Å². The van der Waals surface area contributed by atoms with Crippen LogP contribution in [0.1, 0.15) is 49.7 Å². The number of hydrogen-bond donors (Lipinski definition) is 3. The maximum Gasteiger partial charge on any atom is 0.407 e. The summed E-state index contributed by atoms with van der Waals surface area (Å²) in [4.78, 5) is 36.2. The van der Waals surface area contributed by atoms with Crippen LogP contribution in [-0.2, 0) is 14.3 Å². The summed E-state index contributed by atoms with van der Waals surface area (Å²) >= 11 is 0.